The van der Waals surface area contributed by atoms with Crippen molar-refractivity contribution in [1.82, 2.24) is 4.98 Å². The Labute approximate surface area is 121 Å². The summed E-state index contributed by atoms with van der Waals surface area (Å²) in [5.41, 5.74) is 1.09. The van der Waals surface area contributed by atoms with Crippen LogP contribution in [-0.4, -0.2) is 37.8 Å². The molecule has 0 saturated heterocycles. The number of amides is 1. The molecule has 1 N–H and O–H groups in total. The highest BCUT2D eigenvalue weighted by Gasteiger charge is 2.07. The lowest BCUT2D eigenvalue weighted by atomic mass is 10.2. The van der Waals surface area contributed by atoms with Crippen molar-refractivity contribution in [3.8, 4) is 10.4 Å². The molecule has 6 heteroatoms. The molecule has 0 aliphatic carbocycles. The number of thiazole rings is 1. The van der Waals surface area contributed by atoms with E-state index in [9.17, 15) is 4.79 Å². The van der Waals surface area contributed by atoms with Gasteiger partial charge in [-0.05, 0) is 5.56 Å². The van der Waals surface area contributed by atoms with Crippen molar-refractivity contribution in [2.75, 3.05) is 32.2 Å². The Balaban J connectivity index is 1.85. The molecule has 0 unspecified atom stereocenters. The molecule has 2 aromatic rings. The maximum absolute atomic E-state index is 11.6. The minimum Gasteiger partial charge on any atom is -0.382 e. The van der Waals surface area contributed by atoms with Gasteiger partial charge < -0.3 is 9.47 Å². The normalized spacial score (nSPS) is 10.4. The molecular weight excluding hydrogens is 276 g/mol. The summed E-state index contributed by atoms with van der Waals surface area (Å²) >= 11 is 1.43. The van der Waals surface area contributed by atoms with Gasteiger partial charge in [-0.15, -0.1) is 0 Å². The number of carbonyl (C=O) groups excluding carboxylic acids is 1. The Morgan fingerprint density at radius 3 is 2.85 bits per heavy atom. The molecule has 106 valence electrons. The zero-order chi connectivity index (χ0) is 14.2. The number of hydrogen-bond donors (Lipinski definition) is 1. The van der Waals surface area contributed by atoms with Gasteiger partial charge in [0.25, 0.3) is 5.91 Å². The van der Waals surface area contributed by atoms with Crippen molar-refractivity contribution in [2.24, 2.45) is 0 Å². The highest BCUT2D eigenvalue weighted by atomic mass is 32.1. The topological polar surface area (TPSA) is 60.5 Å². The summed E-state index contributed by atoms with van der Waals surface area (Å²) in [6, 6.07) is 9.92. The van der Waals surface area contributed by atoms with Crippen molar-refractivity contribution in [3.63, 3.8) is 0 Å². The number of anilines is 1. The molecule has 0 aliphatic rings. The minimum atomic E-state index is -0.213. The quantitative estimate of drug-likeness (QED) is 0.796. The van der Waals surface area contributed by atoms with Crippen molar-refractivity contribution in [3.05, 3.63) is 36.5 Å². The molecule has 0 atom stereocenters. The molecule has 20 heavy (non-hydrogen) atoms. The van der Waals surface area contributed by atoms with Crippen LogP contribution in [0.4, 0.5) is 5.13 Å². The van der Waals surface area contributed by atoms with Gasteiger partial charge in [0.05, 0.1) is 18.1 Å². The van der Waals surface area contributed by atoms with Crippen LogP contribution in [0.1, 0.15) is 0 Å². The number of nitrogens with zero attached hydrogens (tertiary/aromatic N) is 1. The average Bonchev–Trinajstić information content (AvgIpc) is 2.93. The molecule has 1 aromatic carbocycles. The lowest BCUT2D eigenvalue weighted by molar-refractivity contribution is -0.121. The van der Waals surface area contributed by atoms with E-state index >= 15 is 0 Å². The van der Waals surface area contributed by atoms with E-state index in [2.05, 4.69) is 10.3 Å². The number of rotatable bonds is 7. The van der Waals surface area contributed by atoms with Crippen molar-refractivity contribution < 1.29 is 14.3 Å². The van der Waals surface area contributed by atoms with Crippen molar-refractivity contribution >= 4 is 22.4 Å². The summed E-state index contributed by atoms with van der Waals surface area (Å²) in [7, 11) is 1.59. The van der Waals surface area contributed by atoms with Crippen LogP contribution in [0.25, 0.3) is 10.4 Å². The first kappa shape index (κ1) is 14.6. The van der Waals surface area contributed by atoms with Gasteiger partial charge >= 0.3 is 0 Å². The fourth-order valence-electron chi connectivity index (χ4n) is 1.53. The maximum Gasteiger partial charge on any atom is 0.252 e. The first-order valence-corrected chi connectivity index (χ1v) is 6.99. The summed E-state index contributed by atoms with van der Waals surface area (Å²) in [5, 5.41) is 3.28. The van der Waals surface area contributed by atoms with Gasteiger partial charge in [0.15, 0.2) is 5.13 Å². The second kappa shape index (κ2) is 7.74. The van der Waals surface area contributed by atoms with E-state index in [1.165, 1.54) is 11.3 Å². The van der Waals surface area contributed by atoms with E-state index in [1.54, 1.807) is 13.3 Å². The zero-order valence-electron chi connectivity index (χ0n) is 11.2. The molecule has 1 aromatic heterocycles. The van der Waals surface area contributed by atoms with Gasteiger partial charge in [-0.3, -0.25) is 10.1 Å². The second-order valence-corrected chi connectivity index (χ2v) is 5.02. The van der Waals surface area contributed by atoms with Crippen molar-refractivity contribution in [1.29, 1.82) is 0 Å². The molecule has 0 aliphatic heterocycles. The Morgan fingerprint density at radius 1 is 1.30 bits per heavy atom. The molecule has 1 amide bonds. The third kappa shape index (κ3) is 4.41. The lowest BCUT2D eigenvalue weighted by Gasteiger charge is -2.03. The maximum atomic E-state index is 11.6. The van der Waals surface area contributed by atoms with Crippen LogP contribution < -0.4 is 5.32 Å². The van der Waals surface area contributed by atoms with E-state index < -0.39 is 0 Å². The number of aromatic nitrogens is 1. The highest BCUT2D eigenvalue weighted by molar-refractivity contribution is 7.19. The Morgan fingerprint density at radius 2 is 2.10 bits per heavy atom. The van der Waals surface area contributed by atoms with E-state index in [0.717, 1.165) is 10.4 Å². The zero-order valence-corrected chi connectivity index (χ0v) is 12.0. The standard InChI is InChI=1S/C14H16N2O3S/c1-18-7-8-19-10-13(17)16-14-15-9-12(20-14)11-5-3-2-4-6-11/h2-6,9H,7-8,10H2,1H3,(H,15,16,17). The summed E-state index contributed by atoms with van der Waals surface area (Å²) in [4.78, 5) is 16.8. The molecular formula is C14H16N2O3S. The summed E-state index contributed by atoms with van der Waals surface area (Å²) < 4.78 is 9.97. The van der Waals surface area contributed by atoms with Crippen LogP contribution in [0.15, 0.2) is 36.5 Å². The molecule has 0 radical (unpaired) electrons. The SMILES string of the molecule is COCCOCC(=O)Nc1ncc(-c2ccccc2)s1. The summed E-state index contributed by atoms with van der Waals surface area (Å²) in [5.74, 6) is -0.213. The average molecular weight is 292 g/mol. The number of nitrogens with one attached hydrogen (secondary N) is 1. The molecule has 0 spiro atoms. The number of benzene rings is 1. The van der Waals surface area contributed by atoms with E-state index in [-0.39, 0.29) is 12.5 Å². The van der Waals surface area contributed by atoms with Crippen LogP contribution >= 0.6 is 11.3 Å². The van der Waals surface area contributed by atoms with Gasteiger partial charge in [0.2, 0.25) is 0 Å². The van der Waals surface area contributed by atoms with Gasteiger partial charge in [0, 0.05) is 13.3 Å². The highest BCUT2D eigenvalue weighted by Crippen LogP contribution is 2.28. The summed E-state index contributed by atoms with van der Waals surface area (Å²) in [6.07, 6.45) is 1.75. The lowest BCUT2D eigenvalue weighted by Crippen LogP contribution is -2.19. The van der Waals surface area contributed by atoms with Crippen LogP contribution in [0.5, 0.6) is 0 Å². The van der Waals surface area contributed by atoms with E-state index in [4.69, 9.17) is 9.47 Å². The molecule has 1 heterocycles. The third-order valence-corrected chi connectivity index (χ3v) is 3.44. The largest absolute Gasteiger partial charge is 0.382 e. The molecule has 0 saturated carbocycles. The van der Waals surface area contributed by atoms with Crippen molar-refractivity contribution in [2.45, 2.75) is 0 Å². The van der Waals surface area contributed by atoms with Crippen LogP contribution in [0.2, 0.25) is 0 Å². The van der Waals surface area contributed by atoms with Gasteiger partial charge in [0.1, 0.15) is 6.61 Å². The number of methoxy groups -OCH3 is 1. The number of ether oxygens (including phenoxy) is 2. The fourth-order valence-corrected chi connectivity index (χ4v) is 2.37. The second-order valence-electron chi connectivity index (χ2n) is 3.99. The Kier molecular flexibility index (Phi) is 5.67. The Bertz CT molecular complexity index is 542. The summed E-state index contributed by atoms with van der Waals surface area (Å²) in [6.45, 7) is 0.878. The van der Waals surface area contributed by atoms with E-state index in [0.29, 0.717) is 18.3 Å². The molecule has 2 rings (SSSR count). The number of carbonyl (C=O) groups is 1. The minimum absolute atomic E-state index is 0.00358. The fraction of sp³-hybridized carbons (Fsp3) is 0.286. The van der Waals surface area contributed by atoms with Gasteiger partial charge in [-0.25, -0.2) is 4.98 Å². The predicted octanol–water partition coefficient (Wildman–Crippen LogP) is 2.41. The Hall–Kier alpha value is -1.76. The predicted molar refractivity (Wildman–Crippen MR) is 78.9 cm³/mol. The van der Waals surface area contributed by atoms with Crippen LogP contribution in [0.3, 0.4) is 0 Å². The molecule has 0 fully saturated rings. The van der Waals surface area contributed by atoms with Crippen LogP contribution in [0, 0.1) is 0 Å². The van der Waals surface area contributed by atoms with Gasteiger partial charge in [-0.2, -0.15) is 0 Å². The van der Waals surface area contributed by atoms with E-state index in [1.807, 2.05) is 30.3 Å². The third-order valence-electron chi connectivity index (χ3n) is 2.48. The monoisotopic (exact) mass is 292 g/mol. The molecule has 0 bridgehead atoms. The smallest absolute Gasteiger partial charge is 0.252 e. The number of hydrogen-bond acceptors (Lipinski definition) is 5. The first-order valence-electron chi connectivity index (χ1n) is 6.17. The first-order chi connectivity index (χ1) is 9.79. The van der Waals surface area contributed by atoms with Crippen LogP contribution in [-0.2, 0) is 14.3 Å². The van der Waals surface area contributed by atoms with Gasteiger partial charge in [-0.1, -0.05) is 41.7 Å². The molecule has 5 nitrogen and oxygen atoms in total.